The molecule has 0 aliphatic heterocycles. The number of carbonyl (C=O) groups excluding carboxylic acids is 1. The Morgan fingerprint density at radius 3 is 2.41 bits per heavy atom. The first kappa shape index (κ1) is 25.5. The molecule has 0 unspecified atom stereocenters. The summed E-state index contributed by atoms with van der Waals surface area (Å²) in [7, 11) is -0.229. The number of nitrogens with zero attached hydrogens (tertiary/aromatic N) is 1. The van der Waals surface area contributed by atoms with Crippen molar-refractivity contribution in [3.63, 3.8) is 0 Å². The number of anilines is 1. The fourth-order valence-corrected chi connectivity index (χ4v) is 4.51. The highest BCUT2D eigenvalue weighted by molar-refractivity contribution is 7.92. The third-order valence-electron chi connectivity index (χ3n) is 5.42. The number of aryl methyl sites for hydroxylation is 2. The van der Waals surface area contributed by atoms with E-state index in [-0.39, 0.29) is 18.9 Å². The van der Waals surface area contributed by atoms with Crippen molar-refractivity contribution in [3.05, 3.63) is 53.1 Å². The smallest absolute Gasteiger partial charge is 0.232 e. The maximum absolute atomic E-state index is 12.3. The Balaban J connectivity index is 1.80. The number of rotatable bonds is 12. The molecule has 1 amide bonds. The van der Waals surface area contributed by atoms with Gasteiger partial charge in [-0.1, -0.05) is 18.2 Å². The summed E-state index contributed by atoms with van der Waals surface area (Å²) in [4.78, 5) is 12.2. The van der Waals surface area contributed by atoms with Crippen LogP contribution in [-0.4, -0.2) is 47.9 Å². The lowest BCUT2D eigenvalue weighted by atomic mass is 10.1. The fraction of sp³-hybridized carbons (Fsp3) is 0.458. The van der Waals surface area contributed by atoms with Crippen LogP contribution in [0.4, 0.5) is 5.69 Å². The van der Waals surface area contributed by atoms with Crippen molar-refractivity contribution in [3.8, 4) is 11.5 Å². The lowest BCUT2D eigenvalue weighted by Crippen LogP contribution is -2.33. The quantitative estimate of drug-likeness (QED) is 0.487. The van der Waals surface area contributed by atoms with Crippen LogP contribution in [0.15, 0.2) is 36.4 Å². The first-order chi connectivity index (χ1) is 15.2. The van der Waals surface area contributed by atoms with Crippen molar-refractivity contribution in [1.82, 2.24) is 5.32 Å². The van der Waals surface area contributed by atoms with Gasteiger partial charge in [0.05, 0.1) is 26.2 Å². The van der Waals surface area contributed by atoms with Crippen molar-refractivity contribution in [2.45, 2.75) is 39.5 Å². The fourth-order valence-electron chi connectivity index (χ4n) is 3.50. The van der Waals surface area contributed by atoms with E-state index in [9.17, 15) is 13.2 Å². The normalized spacial score (nSPS) is 11.2. The van der Waals surface area contributed by atoms with Gasteiger partial charge in [0, 0.05) is 19.5 Å². The predicted octanol–water partition coefficient (Wildman–Crippen LogP) is 3.62. The average Bonchev–Trinajstić information content (AvgIpc) is 2.75. The number of methoxy groups -OCH3 is 2. The minimum Gasteiger partial charge on any atom is -0.493 e. The summed E-state index contributed by atoms with van der Waals surface area (Å²) < 4.78 is 36.6. The molecular weight excluding hydrogens is 428 g/mol. The molecule has 0 fully saturated rings. The summed E-state index contributed by atoms with van der Waals surface area (Å²) in [5.41, 5.74) is 3.73. The van der Waals surface area contributed by atoms with Crippen molar-refractivity contribution < 1.29 is 22.7 Å². The van der Waals surface area contributed by atoms with E-state index in [1.54, 1.807) is 20.3 Å². The summed E-state index contributed by atoms with van der Waals surface area (Å²) >= 11 is 0. The van der Waals surface area contributed by atoms with Crippen molar-refractivity contribution in [2.75, 3.05) is 37.9 Å². The summed E-state index contributed by atoms with van der Waals surface area (Å²) in [5, 5.41) is 2.91. The van der Waals surface area contributed by atoms with E-state index in [1.807, 2.05) is 44.2 Å². The third kappa shape index (κ3) is 7.15. The molecule has 7 nitrogen and oxygen atoms in total. The van der Waals surface area contributed by atoms with Gasteiger partial charge in [-0.15, -0.1) is 0 Å². The Morgan fingerprint density at radius 1 is 1.03 bits per heavy atom. The second kappa shape index (κ2) is 11.8. The highest BCUT2D eigenvalue weighted by atomic mass is 32.2. The van der Waals surface area contributed by atoms with Gasteiger partial charge in [-0.3, -0.25) is 9.10 Å². The van der Waals surface area contributed by atoms with Gasteiger partial charge in [0.25, 0.3) is 0 Å². The largest absolute Gasteiger partial charge is 0.493 e. The van der Waals surface area contributed by atoms with E-state index in [0.29, 0.717) is 30.2 Å². The van der Waals surface area contributed by atoms with Crippen LogP contribution in [-0.2, 0) is 21.2 Å². The van der Waals surface area contributed by atoms with Gasteiger partial charge in [0.15, 0.2) is 11.5 Å². The molecule has 176 valence electrons. The molecule has 0 saturated carbocycles. The number of amides is 1. The monoisotopic (exact) mass is 462 g/mol. The van der Waals surface area contributed by atoms with Gasteiger partial charge in [-0.25, -0.2) is 8.42 Å². The maximum Gasteiger partial charge on any atom is 0.232 e. The highest BCUT2D eigenvalue weighted by Gasteiger charge is 2.19. The summed E-state index contributed by atoms with van der Waals surface area (Å²) in [6.45, 7) is 4.69. The molecule has 32 heavy (non-hydrogen) atoms. The number of hydrogen-bond acceptors (Lipinski definition) is 5. The van der Waals surface area contributed by atoms with Gasteiger partial charge in [0.1, 0.15) is 0 Å². The molecule has 0 atom stereocenters. The van der Waals surface area contributed by atoms with Crippen molar-refractivity contribution >= 4 is 21.6 Å². The molecule has 0 saturated heterocycles. The molecule has 1 N–H and O–H groups in total. The zero-order chi connectivity index (χ0) is 23.7. The predicted molar refractivity (Wildman–Crippen MR) is 128 cm³/mol. The van der Waals surface area contributed by atoms with E-state index in [2.05, 4.69) is 5.32 Å². The van der Waals surface area contributed by atoms with Crippen LogP contribution in [0.1, 0.15) is 36.0 Å². The molecule has 2 rings (SSSR count). The minimum absolute atomic E-state index is 0.0771. The number of ether oxygens (including phenoxy) is 2. The summed E-state index contributed by atoms with van der Waals surface area (Å²) in [6.07, 6.45) is 3.51. The van der Waals surface area contributed by atoms with E-state index >= 15 is 0 Å². The van der Waals surface area contributed by atoms with Crippen LogP contribution in [0.25, 0.3) is 0 Å². The molecule has 0 bridgehead atoms. The van der Waals surface area contributed by atoms with Crippen LogP contribution in [0.5, 0.6) is 11.5 Å². The second-order valence-corrected chi connectivity index (χ2v) is 9.71. The molecule has 2 aromatic carbocycles. The minimum atomic E-state index is -3.44. The van der Waals surface area contributed by atoms with Crippen LogP contribution < -0.4 is 19.1 Å². The molecule has 0 aromatic heterocycles. The number of sulfonamides is 1. The van der Waals surface area contributed by atoms with Crippen LogP contribution in [0.3, 0.4) is 0 Å². The number of carbonyl (C=O) groups is 1. The molecule has 8 heteroatoms. The number of benzene rings is 2. The Morgan fingerprint density at radius 2 is 1.75 bits per heavy atom. The van der Waals surface area contributed by atoms with E-state index in [0.717, 1.165) is 29.5 Å². The molecule has 2 aromatic rings. The Hall–Kier alpha value is -2.74. The molecule has 0 radical (unpaired) electrons. The zero-order valence-electron chi connectivity index (χ0n) is 19.6. The molecule has 0 spiro atoms. The summed E-state index contributed by atoms with van der Waals surface area (Å²) in [6, 6.07) is 11.4. The first-order valence-electron chi connectivity index (χ1n) is 10.7. The lowest BCUT2D eigenvalue weighted by molar-refractivity contribution is -0.121. The first-order valence-corrected chi connectivity index (χ1v) is 12.5. The maximum atomic E-state index is 12.3. The van der Waals surface area contributed by atoms with Crippen LogP contribution >= 0.6 is 0 Å². The average molecular weight is 463 g/mol. The number of nitrogens with one attached hydrogen (secondary N) is 1. The zero-order valence-corrected chi connectivity index (χ0v) is 20.4. The van der Waals surface area contributed by atoms with Gasteiger partial charge >= 0.3 is 0 Å². The van der Waals surface area contributed by atoms with Gasteiger partial charge in [-0.2, -0.15) is 0 Å². The molecule has 0 heterocycles. The standard InChI is InChI=1S/C24H34N2O5S/c1-18-9-6-11-21(19(18)2)26(32(5,28)29)16-8-12-24(27)25-15-7-10-20-13-14-22(30-3)23(17-20)31-4/h6,9,11,13-14,17H,7-8,10,12,15-16H2,1-5H3,(H,25,27). The lowest BCUT2D eigenvalue weighted by Gasteiger charge is -2.24. The highest BCUT2D eigenvalue weighted by Crippen LogP contribution is 2.28. The topological polar surface area (TPSA) is 84.9 Å². The van der Waals surface area contributed by atoms with Gasteiger partial charge in [0.2, 0.25) is 15.9 Å². The van der Waals surface area contributed by atoms with E-state index in [4.69, 9.17) is 9.47 Å². The Kier molecular flexibility index (Phi) is 9.38. The van der Waals surface area contributed by atoms with Crippen molar-refractivity contribution in [1.29, 1.82) is 0 Å². The SMILES string of the molecule is COc1ccc(CCCNC(=O)CCCN(c2cccc(C)c2C)S(C)(=O)=O)cc1OC. The molecular formula is C24H34N2O5S. The van der Waals surface area contributed by atoms with Gasteiger partial charge < -0.3 is 14.8 Å². The van der Waals surface area contributed by atoms with E-state index in [1.165, 1.54) is 10.6 Å². The Labute approximate surface area is 191 Å². The summed E-state index contributed by atoms with van der Waals surface area (Å²) in [5.74, 6) is 1.30. The van der Waals surface area contributed by atoms with Crippen LogP contribution in [0.2, 0.25) is 0 Å². The number of hydrogen-bond donors (Lipinski definition) is 1. The van der Waals surface area contributed by atoms with Crippen LogP contribution in [0, 0.1) is 13.8 Å². The molecule has 0 aliphatic carbocycles. The molecule has 0 aliphatic rings. The second-order valence-electron chi connectivity index (χ2n) is 7.80. The Bertz CT molecular complexity index is 1020. The van der Waals surface area contributed by atoms with Gasteiger partial charge in [-0.05, 0) is 68.0 Å². The third-order valence-corrected chi connectivity index (χ3v) is 6.60. The van der Waals surface area contributed by atoms with Crippen molar-refractivity contribution in [2.24, 2.45) is 0 Å². The van der Waals surface area contributed by atoms with E-state index < -0.39 is 10.0 Å².